The molecule has 0 amide bonds. The molecule has 1 heterocycles. The van der Waals surface area contributed by atoms with Gasteiger partial charge in [-0.15, -0.1) is 24.0 Å². The first-order chi connectivity index (χ1) is 13.7. The van der Waals surface area contributed by atoms with Crippen LogP contribution in [0.1, 0.15) is 63.5 Å². The minimum absolute atomic E-state index is 0. The van der Waals surface area contributed by atoms with E-state index in [1.165, 1.54) is 36.8 Å². The second kappa shape index (κ2) is 15.9. The number of guanidine groups is 1. The summed E-state index contributed by atoms with van der Waals surface area (Å²) in [5.74, 6) is 1.59. The normalized spacial score (nSPS) is 16.2. The Labute approximate surface area is 194 Å². The first-order valence-electron chi connectivity index (χ1n) is 11.0. The highest BCUT2D eigenvalue weighted by molar-refractivity contribution is 14.0. The number of nitrogens with one attached hydrogen (secondary N) is 2. The number of hydrogen-bond donors (Lipinski definition) is 2. The fourth-order valence-corrected chi connectivity index (χ4v) is 3.40. The topological polar surface area (TPSA) is 54.9 Å². The van der Waals surface area contributed by atoms with Crippen LogP contribution in [0.25, 0.3) is 0 Å². The Morgan fingerprint density at radius 2 is 1.83 bits per heavy atom. The molecule has 1 aromatic carbocycles. The first kappa shape index (κ1) is 26.2. The summed E-state index contributed by atoms with van der Waals surface area (Å²) in [5, 5.41) is 6.89. The van der Waals surface area contributed by atoms with Crippen molar-refractivity contribution in [2.24, 2.45) is 10.9 Å². The van der Waals surface area contributed by atoms with Gasteiger partial charge in [-0.1, -0.05) is 57.4 Å². The molecule has 0 aromatic heterocycles. The van der Waals surface area contributed by atoms with Crippen molar-refractivity contribution >= 4 is 29.9 Å². The smallest absolute Gasteiger partial charge is 0.191 e. The third-order valence-electron chi connectivity index (χ3n) is 5.46. The van der Waals surface area contributed by atoms with Crippen molar-refractivity contribution in [3.63, 3.8) is 0 Å². The molecule has 1 aliphatic rings. The molecule has 6 heteroatoms. The van der Waals surface area contributed by atoms with E-state index in [2.05, 4.69) is 53.7 Å². The van der Waals surface area contributed by atoms with Gasteiger partial charge in [-0.05, 0) is 36.3 Å². The zero-order valence-corrected chi connectivity index (χ0v) is 20.7. The first-order valence-corrected chi connectivity index (χ1v) is 11.0. The second-order valence-electron chi connectivity index (χ2n) is 7.66. The second-order valence-corrected chi connectivity index (χ2v) is 7.66. The molecule has 0 bridgehead atoms. The molecule has 1 unspecified atom stereocenters. The molecule has 0 aliphatic carbocycles. The Morgan fingerprint density at radius 1 is 1.14 bits per heavy atom. The summed E-state index contributed by atoms with van der Waals surface area (Å²) in [6, 6.07) is 8.65. The average molecular weight is 517 g/mol. The highest BCUT2D eigenvalue weighted by Crippen LogP contribution is 2.14. The van der Waals surface area contributed by atoms with E-state index in [0.29, 0.717) is 18.6 Å². The molecule has 0 spiro atoms. The zero-order valence-electron chi connectivity index (χ0n) is 18.4. The molecular weight excluding hydrogens is 477 g/mol. The number of aliphatic imine (C=N–C) groups is 1. The molecule has 0 saturated carbocycles. The van der Waals surface area contributed by atoms with Crippen molar-refractivity contribution in [1.82, 2.24) is 10.6 Å². The van der Waals surface area contributed by atoms with E-state index in [1.807, 2.05) is 7.05 Å². The number of rotatable bonds is 11. The molecule has 1 fully saturated rings. The largest absolute Gasteiger partial charge is 0.381 e. The van der Waals surface area contributed by atoms with E-state index < -0.39 is 0 Å². The number of benzene rings is 1. The van der Waals surface area contributed by atoms with Crippen LogP contribution in [0.3, 0.4) is 0 Å². The molecule has 29 heavy (non-hydrogen) atoms. The van der Waals surface area contributed by atoms with Crippen LogP contribution in [0, 0.1) is 5.92 Å². The van der Waals surface area contributed by atoms with Crippen LogP contribution in [0.2, 0.25) is 0 Å². The van der Waals surface area contributed by atoms with Gasteiger partial charge in [0.15, 0.2) is 5.96 Å². The lowest BCUT2D eigenvalue weighted by atomic mass is 9.99. The summed E-state index contributed by atoms with van der Waals surface area (Å²) in [6.07, 6.45) is 7.41. The summed E-state index contributed by atoms with van der Waals surface area (Å²) < 4.78 is 11.4. The molecule has 0 radical (unpaired) electrons. The van der Waals surface area contributed by atoms with Gasteiger partial charge in [0.25, 0.3) is 0 Å². The van der Waals surface area contributed by atoms with Gasteiger partial charge >= 0.3 is 0 Å². The lowest BCUT2D eigenvalue weighted by Crippen LogP contribution is -2.39. The van der Waals surface area contributed by atoms with Crippen LogP contribution in [0.5, 0.6) is 0 Å². The van der Waals surface area contributed by atoms with Crippen molar-refractivity contribution in [2.45, 2.75) is 71.6 Å². The van der Waals surface area contributed by atoms with E-state index in [0.717, 1.165) is 45.1 Å². The Hall–Kier alpha value is -0.860. The minimum atomic E-state index is 0. The maximum atomic E-state index is 5.99. The summed E-state index contributed by atoms with van der Waals surface area (Å²) in [5.41, 5.74) is 2.47. The standard InChI is InChI=1S/C23H39N3O2.HI/c1-4-6-7-19(5-2)16-25-23(24-3)26-17-20-8-10-21(11-9-20)18-28-22-12-14-27-15-13-22;/h8-11,19,22H,4-7,12-18H2,1-3H3,(H2,24,25,26);1H. The van der Waals surface area contributed by atoms with Crippen LogP contribution >= 0.6 is 24.0 Å². The molecule has 2 N–H and O–H groups in total. The Kier molecular flexibility index (Phi) is 14.4. The monoisotopic (exact) mass is 517 g/mol. The number of halogens is 1. The van der Waals surface area contributed by atoms with E-state index in [9.17, 15) is 0 Å². The third kappa shape index (κ3) is 10.6. The maximum absolute atomic E-state index is 5.99. The van der Waals surface area contributed by atoms with E-state index >= 15 is 0 Å². The third-order valence-corrected chi connectivity index (χ3v) is 5.46. The molecule has 1 aromatic rings. The van der Waals surface area contributed by atoms with Crippen LogP contribution in [-0.2, 0) is 22.6 Å². The molecule has 1 aliphatic heterocycles. The van der Waals surface area contributed by atoms with Gasteiger partial charge < -0.3 is 20.1 Å². The Morgan fingerprint density at radius 3 is 2.45 bits per heavy atom. The zero-order chi connectivity index (χ0) is 20.0. The van der Waals surface area contributed by atoms with Gasteiger partial charge in [-0.2, -0.15) is 0 Å². The fourth-order valence-electron chi connectivity index (χ4n) is 3.40. The summed E-state index contributed by atoms with van der Waals surface area (Å²) in [4.78, 5) is 4.35. The fraction of sp³-hybridized carbons (Fsp3) is 0.696. The van der Waals surface area contributed by atoms with Gasteiger partial charge in [0.1, 0.15) is 0 Å². The summed E-state index contributed by atoms with van der Waals surface area (Å²) in [6.45, 7) is 8.60. The predicted molar refractivity (Wildman–Crippen MR) is 132 cm³/mol. The minimum Gasteiger partial charge on any atom is -0.381 e. The molecule has 1 atom stereocenters. The number of ether oxygens (including phenoxy) is 2. The van der Waals surface area contributed by atoms with E-state index in [4.69, 9.17) is 9.47 Å². The van der Waals surface area contributed by atoms with Gasteiger partial charge in [0.05, 0.1) is 12.7 Å². The molecule has 1 saturated heterocycles. The van der Waals surface area contributed by atoms with Crippen molar-refractivity contribution in [3.8, 4) is 0 Å². The summed E-state index contributed by atoms with van der Waals surface area (Å²) >= 11 is 0. The number of nitrogens with zero attached hydrogens (tertiary/aromatic N) is 1. The van der Waals surface area contributed by atoms with Gasteiger partial charge in [-0.3, -0.25) is 4.99 Å². The molecular formula is C23H40IN3O2. The van der Waals surface area contributed by atoms with Gasteiger partial charge in [0.2, 0.25) is 0 Å². The quantitative estimate of drug-likeness (QED) is 0.250. The maximum Gasteiger partial charge on any atom is 0.191 e. The van der Waals surface area contributed by atoms with Gasteiger partial charge in [0, 0.05) is 33.4 Å². The summed E-state index contributed by atoms with van der Waals surface area (Å²) in [7, 11) is 1.83. The van der Waals surface area contributed by atoms with Crippen LogP contribution in [0.15, 0.2) is 29.3 Å². The van der Waals surface area contributed by atoms with Gasteiger partial charge in [-0.25, -0.2) is 0 Å². The molecule has 5 nitrogen and oxygen atoms in total. The van der Waals surface area contributed by atoms with Crippen LogP contribution < -0.4 is 10.6 Å². The number of hydrogen-bond acceptors (Lipinski definition) is 3. The lowest BCUT2D eigenvalue weighted by molar-refractivity contribution is -0.0390. The van der Waals surface area contributed by atoms with Crippen molar-refractivity contribution in [1.29, 1.82) is 0 Å². The van der Waals surface area contributed by atoms with E-state index in [1.54, 1.807) is 0 Å². The number of unbranched alkanes of at least 4 members (excludes halogenated alkanes) is 1. The van der Waals surface area contributed by atoms with Crippen LogP contribution in [-0.4, -0.2) is 38.9 Å². The Balaban J connectivity index is 0.00000420. The lowest BCUT2D eigenvalue weighted by Gasteiger charge is -2.22. The van der Waals surface area contributed by atoms with Crippen molar-refractivity contribution < 1.29 is 9.47 Å². The van der Waals surface area contributed by atoms with Crippen molar-refractivity contribution in [3.05, 3.63) is 35.4 Å². The Bertz CT molecular complexity index is 560. The predicted octanol–water partition coefficient (Wildman–Crippen LogP) is 4.88. The molecule has 2 rings (SSSR count). The van der Waals surface area contributed by atoms with E-state index in [-0.39, 0.29) is 24.0 Å². The highest BCUT2D eigenvalue weighted by Gasteiger charge is 2.14. The van der Waals surface area contributed by atoms with Crippen molar-refractivity contribution in [2.75, 3.05) is 26.8 Å². The average Bonchev–Trinajstić information content (AvgIpc) is 2.76. The molecule has 166 valence electrons. The highest BCUT2D eigenvalue weighted by atomic mass is 127. The van der Waals surface area contributed by atoms with Crippen LogP contribution in [0.4, 0.5) is 0 Å². The SMILES string of the molecule is CCCCC(CC)CNC(=NC)NCc1ccc(COC2CCOCC2)cc1.I.